The maximum absolute atomic E-state index is 5.47. The van der Waals surface area contributed by atoms with Crippen molar-refractivity contribution >= 4 is 5.82 Å². The standard InChI is InChI=1S/C10H18N4/c1-8(3-4-11)7-14-10-9(2)12-5-6-13-10/h5-6,8H,3-4,7,11H2,1-2H3,(H,13,14). The third-order valence-electron chi connectivity index (χ3n) is 2.16. The van der Waals surface area contributed by atoms with Crippen molar-refractivity contribution in [3.63, 3.8) is 0 Å². The summed E-state index contributed by atoms with van der Waals surface area (Å²) < 4.78 is 0. The van der Waals surface area contributed by atoms with Crippen molar-refractivity contribution in [3.8, 4) is 0 Å². The van der Waals surface area contributed by atoms with E-state index in [4.69, 9.17) is 5.73 Å². The van der Waals surface area contributed by atoms with Gasteiger partial charge in [0.05, 0.1) is 5.69 Å². The van der Waals surface area contributed by atoms with Crippen molar-refractivity contribution in [2.24, 2.45) is 11.7 Å². The first-order valence-electron chi connectivity index (χ1n) is 4.95. The molecule has 3 N–H and O–H groups in total. The summed E-state index contributed by atoms with van der Waals surface area (Å²) in [7, 11) is 0. The summed E-state index contributed by atoms with van der Waals surface area (Å²) in [6.07, 6.45) is 4.43. The van der Waals surface area contributed by atoms with Crippen LogP contribution in [0.4, 0.5) is 5.82 Å². The van der Waals surface area contributed by atoms with Crippen LogP contribution in [0.2, 0.25) is 0 Å². The first kappa shape index (κ1) is 10.9. The van der Waals surface area contributed by atoms with Crippen molar-refractivity contribution in [2.75, 3.05) is 18.4 Å². The topological polar surface area (TPSA) is 63.8 Å². The van der Waals surface area contributed by atoms with Crippen molar-refractivity contribution in [1.82, 2.24) is 9.97 Å². The predicted molar refractivity (Wildman–Crippen MR) is 58.1 cm³/mol. The van der Waals surface area contributed by atoms with E-state index in [1.54, 1.807) is 12.4 Å². The molecule has 78 valence electrons. The van der Waals surface area contributed by atoms with E-state index < -0.39 is 0 Å². The molecular weight excluding hydrogens is 176 g/mol. The smallest absolute Gasteiger partial charge is 0.147 e. The number of nitrogens with two attached hydrogens (primary N) is 1. The van der Waals surface area contributed by atoms with Crippen LogP contribution in [0.3, 0.4) is 0 Å². The minimum Gasteiger partial charge on any atom is -0.368 e. The van der Waals surface area contributed by atoms with Crippen LogP contribution in [0.1, 0.15) is 19.0 Å². The fourth-order valence-corrected chi connectivity index (χ4v) is 1.24. The van der Waals surface area contributed by atoms with Crippen LogP contribution in [0.25, 0.3) is 0 Å². The molecule has 0 aliphatic rings. The molecule has 0 amide bonds. The third-order valence-corrected chi connectivity index (χ3v) is 2.16. The van der Waals surface area contributed by atoms with Gasteiger partial charge in [-0.1, -0.05) is 6.92 Å². The van der Waals surface area contributed by atoms with Crippen LogP contribution in [0.15, 0.2) is 12.4 Å². The molecule has 0 spiro atoms. The van der Waals surface area contributed by atoms with Crippen LogP contribution < -0.4 is 11.1 Å². The molecule has 1 unspecified atom stereocenters. The number of nitrogens with zero attached hydrogens (tertiary/aromatic N) is 2. The van der Waals surface area contributed by atoms with Gasteiger partial charge in [0.2, 0.25) is 0 Å². The fraction of sp³-hybridized carbons (Fsp3) is 0.600. The number of aromatic nitrogens is 2. The third kappa shape index (κ3) is 3.30. The summed E-state index contributed by atoms with van der Waals surface area (Å²) in [4.78, 5) is 8.36. The van der Waals surface area contributed by atoms with Gasteiger partial charge in [-0.25, -0.2) is 4.98 Å². The number of aryl methyl sites for hydroxylation is 1. The van der Waals surface area contributed by atoms with Crippen LogP contribution in [0, 0.1) is 12.8 Å². The molecule has 0 aromatic carbocycles. The van der Waals surface area contributed by atoms with E-state index in [0.717, 1.165) is 31.0 Å². The molecule has 0 aliphatic heterocycles. The summed E-state index contributed by atoms with van der Waals surface area (Å²) in [6.45, 7) is 5.76. The lowest BCUT2D eigenvalue weighted by Gasteiger charge is -2.12. The van der Waals surface area contributed by atoms with Crippen molar-refractivity contribution < 1.29 is 0 Å². The van der Waals surface area contributed by atoms with Crippen molar-refractivity contribution in [3.05, 3.63) is 18.1 Å². The highest BCUT2D eigenvalue weighted by atomic mass is 15.0. The normalized spacial score (nSPS) is 12.5. The Morgan fingerprint density at radius 3 is 2.79 bits per heavy atom. The van der Waals surface area contributed by atoms with E-state index in [0.29, 0.717) is 5.92 Å². The molecule has 1 rings (SSSR count). The van der Waals surface area contributed by atoms with Gasteiger partial charge in [0, 0.05) is 18.9 Å². The zero-order valence-corrected chi connectivity index (χ0v) is 8.83. The molecule has 1 aromatic heterocycles. The molecule has 4 heteroatoms. The van der Waals surface area contributed by atoms with E-state index in [9.17, 15) is 0 Å². The Labute approximate surface area is 85.0 Å². The van der Waals surface area contributed by atoms with Gasteiger partial charge in [0.25, 0.3) is 0 Å². The minimum atomic E-state index is 0.571. The fourth-order valence-electron chi connectivity index (χ4n) is 1.24. The Bertz CT molecular complexity index is 275. The molecule has 1 heterocycles. The maximum atomic E-state index is 5.47. The molecular formula is C10H18N4. The van der Waals surface area contributed by atoms with Gasteiger partial charge in [-0.05, 0) is 25.8 Å². The predicted octanol–water partition coefficient (Wildman–Crippen LogP) is 1.18. The Hall–Kier alpha value is -1.16. The molecule has 0 saturated carbocycles. The van der Waals surface area contributed by atoms with Gasteiger partial charge < -0.3 is 11.1 Å². The molecule has 14 heavy (non-hydrogen) atoms. The van der Waals surface area contributed by atoms with Crippen LogP contribution in [-0.4, -0.2) is 23.1 Å². The number of hydrogen-bond acceptors (Lipinski definition) is 4. The second-order valence-electron chi connectivity index (χ2n) is 3.55. The first-order valence-corrected chi connectivity index (χ1v) is 4.95. The average molecular weight is 194 g/mol. The largest absolute Gasteiger partial charge is 0.368 e. The number of anilines is 1. The summed E-state index contributed by atoms with van der Waals surface area (Å²) in [5, 5.41) is 3.27. The van der Waals surface area contributed by atoms with Crippen molar-refractivity contribution in [1.29, 1.82) is 0 Å². The Morgan fingerprint density at radius 2 is 2.14 bits per heavy atom. The SMILES string of the molecule is Cc1nccnc1NCC(C)CCN. The average Bonchev–Trinajstić information content (AvgIpc) is 2.17. The quantitative estimate of drug-likeness (QED) is 0.739. The molecule has 0 aliphatic carbocycles. The van der Waals surface area contributed by atoms with E-state index in [1.807, 2.05) is 6.92 Å². The van der Waals surface area contributed by atoms with E-state index >= 15 is 0 Å². The minimum absolute atomic E-state index is 0.571. The Morgan fingerprint density at radius 1 is 1.43 bits per heavy atom. The summed E-state index contributed by atoms with van der Waals surface area (Å²) >= 11 is 0. The number of nitrogens with one attached hydrogen (secondary N) is 1. The summed E-state index contributed by atoms with van der Waals surface area (Å²) in [6, 6.07) is 0. The van der Waals surface area contributed by atoms with Gasteiger partial charge in [-0.3, -0.25) is 4.98 Å². The lowest BCUT2D eigenvalue weighted by Crippen LogP contribution is -2.16. The second-order valence-corrected chi connectivity index (χ2v) is 3.55. The molecule has 0 radical (unpaired) electrons. The molecule has 0 bridgehead atoms. The van der Waals surface area contributed by atoms with Gasteiger partial charge in [0.1, 0.15) is 5.82 Å². The highest BCUT2D eigenvalue weighted by Gasteiger charge is 2.03. The lowest BCUT2D eigenvalue weighted by molar-refractivity contribution is 0.567. The van der Waals surface area contributed by atoms with E-state index in [2.05, 4.69) is 22.2 Å². The van der Waals surface area contributed by atoms with Gasteiger partial charge in [-0.15, -0.1) is 0 Å². The lowest BCUT2D eigenvalue weighted by atomic mass is 10.1. The molecule has 4 nitrogen and oxygen atoms in total. The van der Waals surface area contributed by atoms with E-state index in [-0.39, 0.29) is 0 Å². The van der Waals surface area contributed by atoms with Gasteiger partial charge >= 0.3 is 0 Å². The molecule has 1 aromatic rings. The zero-order valence-electron chi connectivity index (χ0n) is 8.83. The number of hydrogen-bond donors (Lipinski definition) is 2. The van der Waals surface area contributed by atoms with Crippen molar-refractivity contribution in [2.45, 2.75) is 20.3 Å². The highest BCUT2D eigenvalue weighted by molar-refractivity contribution is 5.38. The monoisotopic (exact) mass is 194 g/mol. The van der Waals surface area contributed by atoms with Crippen LogP contribution >= 0.6 is 0 Å². The molecule has 1 atom stereocenters. The van der Waals surface area contributed by atoms with E-state index in [1.165, 1.54) is 0 Å². The Kier molecular flexibility index (Phi) is 4.32. The summed E-state index contributed by atoms with van der Waals surface area (Å²) in [5.74, 6) is 1.44. The van der Waals surface area contributed by atoms with Gasteiger partial charge in [-0.2, -0.15) is 0 Å². The second kappa shape index (κ2) is 5.54. The van der Waals surface area contributed by atoms with Crippen LogP contribution in [-0.2, 0) is 0 Å². The summed E-state index contributed by atoms with van der Waals surface area (Å²) in [5.41, 5.74) is 6.41. The highest BCUT2D eigenvalue weighted by Crippen LogP contribution is 2.08. The van der Waals surface area contributed by atoms with Crippen LogP contribution in [0.5, 0.6) is 0 Å². The first-order chi connectivity index (χ1) is 6.74. The maximum Gasteiger partial charge on any atom is 0.147 e. The zero-order chi connectivity index (χ0) is 10.4. The molecule has 0 saturated heterocycles. The van der Waals surface area contributed by atoms with Gasteiger partial charge in [0.15, 0.2) is 0 Å². The number of rotatable bonds is 5. The molecule has 0 fully saturated rings. The Balaban J connectivity index is 2.41.